The molecule has 1 N–H and O–H groups in total. The Bertz CT molecular complexity index is 975. The van der Waals surface area contributed by atoms with Gasteiger partial charge in [0.05, 0.1) is 22.3 Å². The summed E-state index contributed by atoms with van der Waals surface area (Å²) in [5.74, 6) is 0.143. The van der Waals surface area contributed by atoms with E-state index in [0.717, 1.165) is 11.3 Å². The van der Waals surface area contributed by atoms with E-state index >= 15 is 0 Å². The van der Waals surface area contributed by atoms with Crippen LogP contribution in [0.25, 0.3) is 0 Å². The molecule has 1 heterocycles. The molecular weight excluding hydrogens is 411 g/mol. The Morgan fingerprint density at radius 3 is 2.79 bits per heavy atom. The molecule has 0 fully saturated rings. The summed E-state index contributed by atoms with van der Waals surface area (Å²) in [4.78, 5) is 3.75. The average molecular weight is 424 g/mol. The average Bonchev–Trinajstić information content (AvgIpc) is 3.13. The molecule has 3 rings (SSSR count). The SMILES string of the molecule is N#C/N=C(/Nc1cccc(OC(F)F)c1)N1CCC(c2ccc(Cl)c(Cl)c2)=N1. The molecule has 0 aromatic heterocycles. The number of nitriles is 1. The van der Waals surface area contributed by atoms with E-state index in [-0.39, 0.29) is 11.7 Å². The maximum atomic E-state index is 12.4. The van der Waals surface area contributed by atoms with Gasteiger partial charge in [0.15, 0.2) is 0 Å². The standard InChI is InChI=1S/C18H13Cl2F2N5O/c19-14-5-4-11(8-15(14)20)16-6-7-27(26-16)18(24-10-23)25-12-2-1-3-13(9-12)28-17(21)22/h1-5,8-9,17H,6-7H2,(H,24,25). The normalized spacial score (nSPS) is 14.1. The number of ether oxygens (including phenoxy) is 1. The summed E-state index contributed by atoms with van der Waals surface area (Å²) in [5, 5.41) is 18.7. The lowest BCUT2D eigenvalue weighted by molar-refractivity contribution is -0.0497. The zero-order valence-electron chi connectivity index (χ0n) is 14.2. The van der Waals surface area contributed by atoms with Crippen LogP contribution in [-0.4, -0.2) is 29.8 Å². The fourth-order valence-electron chi connectivity index (χ4n) is 2.57. The van der Waals surface area contributed by atoms with E-state index in [1.807, 2.05) is 0 Å². The van der Waals surface area contributed by atoms with Crippen molar-refractivity contribution in [3.8, 4) is 11.9 Å². The zero-order valence-corrected chi connectivity index (χ0v) is 15.8. The molecule has 0 unspecified atom stereocenters. The molecule has 0 spiro atoms. The number of alkyl halides is 2. The number of nitrogens with zero attached hydrogens (tertiary/aromatic N) is 4. The summed E-state index contributed by atoms with van der Waals surface area (Å²) in [5.41, 5.74) is 1.98. The third-order valence-corrected chi connectivity index (χ3v) is 4.51. The lowest BCUT2D eigenvalue weighted by atomic mass is 10.1. The third kappa shape index (κ3) is 4.88. The summed E-state index contributed by atoms with van der Waals surface area (Å²) in [6.07, 6.45) is 2.30. The van der Waals surface area contributed by atoms with Gasteiger partial charge in [0.1, 0.15) is 5.75 Å². The lowest BCUT2D eigenvalue weighted by Gasteiger charge is -2.17. The van der Waals surface area contributed by atoms with Crippen molar-refractivity contribution >= 4 is 40.6 Å². The van der Waals surface area contributed by atoms with E-state index < -0.39 is 6.61 Å². The summed E-state index contributed by atoms with van der Waals surface area (Å²) in [6.45, 7) is -2.46. The monoisotopic (exact) mass is 423 g/mol. The summed E-state index contributed by atoms with van der Waals surface area (Å²) in [6, 6.07) is 11.1. The Labute approximate surface area is 169 Å². The molecule has 28 heavy (non-hydrogen) atoms. The summed E-state index contributed by atoms with van der Waals surface area (Å²) in [7, 11) is 0. The first-order valence-corrected chi connectivity index (χ1v) is 8.81. The van der Waals surface area contributed by atoms with Crippen LogP contribution in [-0.2, 0) is 0 Å². The molecule has 0 radical (unpaired) electrons. The van der Waals surface area contributed by atoms with Gasteiger partial charge < -0.3 is 10.1 Å². The first-order valence-electron chi connectivity index (χ1n) is 8.05. The Balaban J connectivity index is 1.80. The Morgan fingerprint density at radius 1 is 1.25 bits per heavy atom. The molecule has 144 valence electrons. The number of hydrogen-bond acceptors (Lipinski definition) is 4. The van der Waals surface area contributed by atoms with Gasteiger partial charge >= 0.3 is 6.61 Å². The fourth-order valence-corrected chi connectivity index (χ4v) is 2.86. The molecule has 6 nitrogen and oxygen atoms in total. The van der Waals surface area contributed by atoms with E-state index in [1.54, 1.807) is 36.5 Å². The van der Waals surface area contributed by atoms with Crippen LogP contribution in [0.1, 0.15) is 12.0 Å². The van der Waals surface area contributed by atoms with Gasteiger partial charge in [-0.3, -0.25) is 0 Å². The van der Waals surface area contributed by atoms with E-state index in [9.17, 15) is 8.78 Å². The second-order valence-electron chi connectivity index (χ2n) is 5.62. The molecule has 0 amide bonds. The van der Waals surface area contributed by atoms with Crippen LogP contribution in [0, 0.1) is 11.5 Å². The van der Waals surface area contributed by atoms with Crippen LogP contribution < -0.4 is 10.1 Å². The van der Waals surface area contributed by atoms with Gasteiger partial charge in [-0.25, -0.2) is 5.01 Å². The van der Waals surface area contributed by atoms with Crippen LogP contribution in [0.4, 0.5) is 14.5 Å². The number of hydrogen-bond donors (Lipinski definition) is 1. The van der Waals surface area contributed by atoms with Gasteiger partial charge in [0.25, 0.3) is 0 Å². The van der Waals surface area contributed by atoms with Crippen LogP contribution in [0.3, 0.4) is 0 Å². The second kappa shape index (κ2) is 8.87. The number of hydrazone groups is 1. The van der Waals surface area contributed by atoms with Crippen molar-refractivity contribution in [3.05, 3.63) is 58.1 Å². The van der Waals surface area contributed by atoms with Gasteiger partial charge in [0.2, 0.25) is 12.2 Å². The summed E-state index contributed by atoms with van der Waals surface area (Å²) < 4.78 is 29.1. The molecule has 2 aromatic rings. The van der Waals surface area contributed by atoms with Crippen molar-refractivity contribution in [2.24, 2.45) is 10.1 Å². The first-order chi connectivity index (χ1) is 13.5. The van der Waals surface area contributed by atoms with E-state index in [2.05, 4.69) is 20.1 Å². The predicted octanol–water partition coefficient (Wildman–Crippen LogP) is 4.95. The highest BCUT2D eigenvalue weighted by molar-refractivity contribution is 6.42. The van der Waals surface area contributed by atoms with Gasteiger partial charge in [0, 0.05) is 18.2 Å². The fraction of sp³-hybridized carbons (Fsp3) is 0.167. The lowest BCUT2D eigenvalue weighted by Crippen LogP contribution is -2.30. The second-order valence-corrected chi connectivity index (χ2v) is 6.43. The maximum Gasteiger partial charge on any atom is 0.387 e. The number of benzene rings is 2. The van der Waals surface area contributed by atoms with Crippen molar-refractivity contribution in [1.29, 1.82) is 5.26 Å². The van der Waals surface area contributed by atoms with Crippen molar-refractivity contribution in [2.75, 3.05) is 11.9 Å². The topological polar surface area (TPSA) is 73.0 Å². The van der Waals surface area contributed by atoms with E-state index in [4.69, 9.17) is 28.5 Å². The zero-order chi connectivity index (χ0) is 20.1. The molecule has 2 aromatic carbocycles. The molecular formula is C18H13Cl2F2N5O. The van der Waals surface area contributed by atoms with Crippen LogP contribution in [0.15, 0.2) is 52.6 Å². The predicted molar refractivity (Wildman–Crippen MR) is 104 cm³/mol. The number of rotatable bonds is 4. The quantitative estimate of drug-likeness (QED) is 0.428. The molecule has 0 bridgehead atoms. The molecule has 0 aliphatic carbocycles. The van der Waals surface area contributed by atoms with Gasteiger partial charge in [-0.15, -0.1) is 4.99 Å². The van der Waals surface area contributed by atoms with E-state index in [0.29, 0.717) is 28.7 Å². The van der Waals surface area contributed by atoms with E-state index in [1.165, 1.54) is 17.1 Å². The highest BCUT2D eigenvalue weighted by atomic mass is 35.5. The highest BCUT2D eigenvalue weighted by Crippen LogP contribution is 2.25. The van der Waals surface area contributed by atoms with Crippen LogP contribution >= 0.6 is 23.2 Å². The maximum absolute atomic E-state index is 12.4. The third-order valence-electron chi connectivity index (χ3n) is 3.77. The number of anilines is 1. The van der Waals surface area contributed by atoms with Gasteiger partial charge in [-0.2, -0.15) is 19.1 Å². The van der Waals surface area contributed by atoms with Gasteiger partial charge in [-0.1, -0.05) is 35.3 Å². The van der Waals surface area contributed by atoms with Crippen LogP contribution in [0.2, 0.25) is 10.0 Å². The number of nitrogens with one attached hydrogen (secondary N) is 1. The van der Waals surface area contributed by atoms with Crippen molar-refractivity contribution in [2.45, 2.75) is 13.0 Å². The summed E-state index contributed by atoms with van der Waals surface area (Å²) >= 11 is 12.0. The molecule has 0 atom stereocenters. The minimum Gasteiger partial charge on any atom is -0.435 e. The number of halogens is 4. The largest absolute Gasteiger partial charge is 0.435 e. The molecule has 0 saturated carbocycles. The molecule has 1 aliphatic rings. The number of guanidine groups is 1. The molecule has 0 saturated heterocycles. The smallest absolute Gasteiger partial charge is 0.387 e. The highest BCUT2D eigenvalue weighted by Gasteiger charge is 2.21. The minimum atomic E-state index is -2.93. The Morgan fingerprint density at radius 2 is 2.07 bits per heavy atom. The molecule has 10 heteroatoms. The first kappa shape index (κ1) is 19.9. The number of aliphatic imine (C=N–C) groups is 1. The molecule has 1 aliphatic heterocycles. The van der Waals surface area contributed by atoms with Crippen LogP contribution in [0.5, 0.6) is 5.75 Å². The Hall–Kier alpha value is -2.89. The Kier molecular flexibility index (Phi) is 6.29. The van der Waals surface area contributed by atoms with Crippen molar-refractivity contribution < 1.29 is 13.5 Å². The van der Waals surface area contributed by atoms with Crippen molar-refractivity contribution in [1.82, 2.24) is 5.01 Å². The minimum absolute atomic E-state index is 0.0160. The van der Waals surface area contributed by atoms with Crippen molar-refractivity contribution in [3.63, 3.8) is 0 Å². The van der Waals surface area contributed by atoms with Gasteiger partial charge in [-0.05, 0) is 29.8 Å².